The second kappa shape index (κ2) is 8.17. The van der Waals surface area contributed by atoms with Crippen LogP contribution in [0.25, 0.3) is 11.3 Å². The smallest absolute Gasteiger partial charge is 0.220 e. The van der Waals surface area contributed by atoms with Crippen molar-refractivity contribution in [2.75, 3.05) is 0 Å². The van der Waals surface area contributed by atoms with Crippen molar-refractivity contribution in [2.45, 2.75) is 19.4 Å². The van der Waals surface area contributed by atoms with E-state index in [9.17, 15) is 4.79 Å². The number of hydrogen-bond acceptors (Lipinski definition) is 4. The van der Waals surface area contributed by atoms with Gasteiger partial charge >= 0.3 is 0 Å². The van der Waals surface area contributed by atoms with Crippen LogP contribution in [0.3, 0.4) is 0 Å². The summed E-state index contributed by atoms with van der Waals surface area (Å²) in [4.78, 5) is 20.8. The molecule has 3 aromatic rings. The number of carbonyl (C=O) groups is 1. The van der Waals surface area contributed by atoms with Crippen molar-refractivity contribution in [3.8, 4) is 11.3 Å². The molecule has 2 heterocycles. The molecule has 24 heavy (non-hydrogen) atoms. The van der Waals surface area contributed by atoms with Crippen LogP contribution in [0.2, 0.25) is 0 Å². The number of amides is 1. The highest BCUT2D eigenvalue weighted by Crippen LogP contribution is 2.22. The number of hydrogen-bond donors (Lipinski definition) is 1. The Morgan fingerprint density at radius 1 is 1.12 bits per heavy atom. The van der Waals surface area contributed by atoms with Crippen LogP contribution in [0, 0.1) is 0 Å². The number of aryl methyl sites for hydroxylation is 1. The minimum absolute atomic E-state index is 0.0137. The van der Waals surface area contributed by atoms with Crippen molar-refractivity contribution in [1.29, 1.82) is 0 Å². The van der Waals surface area contributed by atoms with Crippen molar-refractivity contribution < 1.29 is 4.79 Å². The van der Waals surface area contributed by atoms with Gasteiger partial charge in [-0.05, 0) is 35.6 Å². The SMILES string of the molecule is O=C(CCc1ccc(Br)cc1)NCc1nccnc1-c1ccsc1. The molecule has 0 aliphatic carbocycles. The average Bonchev–Trinajstić information content (AvgIpc) is 3.14. The number of benzene rings is 1. The van der Waals surface area contributed by atoms with E-state index < -0.39 is 0 Å². The van der Waals surface area contributed by atoms with Gasteiger partial charge in [-0.15, -0.1) is 0 Å². The summed E-state index contributed by atoms with van der Waals surface area (Å²) in [6, 6.07) is 10.0. The molecule has 0 radical (unpaired) electrons. The van der Waals surface area contributed by atoms with Gasteiger partial charge < -0.3 is 5.32 Å². The Morgan fingerprint density at radius 3 is 2.67 bits per heavy atom. The lowest BCUT2D eigenvalue weighted by Crippen LogP contribution is -2.24. The lowest BCUT2D eigenvalue weighted by atomic mass is 10.1. The molecule has 0 spiro atoms. The van der Waals surface area contributed by atoms with Gasteiger partial charge in [-0.25, -0.2) is 0 Å². The highest BCUT2D eigenvalue weighted by atomic mass is 79.9. The van der Waals surface area contributed by atoms with Crippen LogP contribution >= 0.6 is 27.3 Å². The second-order valence-electron chi connectivity index (χ2n) is 5.27. The van der Waals surface area contributed by atoms with Gasteiger partial charge in [0.1, 0.15) is 0 Å². The molecule has 0 atom stereocenters. The van der Waals surface area contributed by atoms with Crippen molar-refractivity contribution >= 4 is 33.2 Å². The fourth-order valence-electron chi connectivity index (χ4n) is 2.32. The molecule has 0 saturated heterocycles. The number of halogens is 1. The minimum atomic E-state index is 0.0137. The number of rotatable bonds is 6. The normalized spacial score (nSPS) is 10.5. The van der Waals surface area contributed by atoms with Crippen LogP contribution in [-0.4, -0.2) is 15.9 Å². The molecule has 0 saturated carbocycles. The van der Waals surface area contributed by atoms with Gasteiger partial charge in [-0.1, -0.05) is 28.1 Å². The standard InChI is InChI=1S/C18H16BrN3OS/c19-15-4-1-13(2-5-15)3-6-17(23)22-11-16-18(21-9-8-20-16)14-7-10-24-12-14/h1-2,4-5,7-10,12H,3,6,11H2,(H,22,23). The van der Waals surface area contributed by atoms with Gasteiger partial charge in [0.25, 0.3) is 0 Å². The lowest BCUT2D eigenvalue weighted by Gasteiger charge is -2.08. The summed E-state index contributed by atoms with van der Waals surface area (Å²) in [5.74, 6) is 0.0137. The number of carbonyl (C=O) groups excluding carboxylic acids is 1. The third-order valence-corrected chi connectivity index (χ3v) is 4.79. The van der Waals surface area contributed by atoms with Crippen LogP contribution in [0.5, 0.6) is 0 Å². The third kappa shape index (κ3) is 4.49. The zero-order valence-electron chi connectivity index (χ0n) is 12.9. The van der Waals surface area contributed by atoms with E-state index >= 15 is 0 Å². The molecule has 122 valence electrons. The number of aromatic nitrogens is 2. The molecular formula is C18H16BrN3OS. The maximum Gasteiger partial charge on any atom is 0.220 e. The summed E-state index contributed by atoms with van der Waals surface area (Å²) in [6.45, 7) is 0.387. The molecule has 0 fully saturated rings. The second-order valence-corrected chi connectivity index (χ2v) is 6.96. The number of thiophene rings is 1. The quantitative estimate of drug-likeness (QED) is 0.672. The van der Waals surface area contributed by atoms with Crippen LogP contribution in [0.1, 0.15) is 17.7 Å². The zero-order chi connectivity index (χ0) is 16.8. The first kappa shape index (κ1) is 16.8. The molecule has 4 nitrogen and oxygen atoms in total. The number of nitrogens with one attached hydrogen (secondary N) is 1. The van der Waals surface area contributed by atoms with Crippen molar-refractivity contribution in [1.82, 2.24) is 15.3 Å². The largest absolute Gasteiger partial charge is 0.350 e. The van der Waals surface area contributed by atoms with Crippen molar-refractivity contribution in [3.05, 3.63) is 69.2 Å². The molecule has 6 heteroatoms. The highest BCUT2D eigenvalue weighted by Gasteiger charge is 2.10. The highest BCUT2D eigenvalue weighted by molar-refractivity contribution is 9.10. The van der Waals surface area contributed by atoms with Gasteiger partial charge in [0, 0.05) is 34.2 Å². The average molecular weight is 402 g/mol. The molecule has 3 rings (SSSR count). The summed E-state index contributed by atoms with van der Waals surface area (Å²) in [7, 11) is 0. The van der Waals surface area contributed by atoms with Gasteiger partial charge in [0.15, 0.2) is 0 Å². The Balaban J connectivity index is 1.56. The Hall–Kier alpha value is -2.05. The first-order valence-corrected chi connectivity index (χ1v) is 9.29. The predicted octanol–water partition coefficient (Wildman–Crippen LogP) is 4.22. The van der Waals surface area contributed by atoms with E-state index in [0.717, 1.165) is 33.4 Å². The fourth-order valence-corrected chi connectivity index (χ4v) is 3.22. The summed E-state index contributed by atoms with van der Waals surface area (Å²) in [6.07, 6.45) is 4.50. The first-order valence-electron chi connectivity index (χ1n) is 7.56. The Morgan fingerprint density at radius 2 is 1.92 bits per heavy atom. The van der Waals surface area contributed by atoms with Gasteiger partial charge in [-0.3, -0.25) is 14.8 Å². The molecule has 0 aliphatic heterocycles. The van der Waals surface area contributed by atoms with Gasteiger partial charge in [0.2, 0.25) is 5.91 Å². The summed E-state index contributed by atoms with van der Waals surface area (Å²) >= 11 is 5.02. The van der Waals surface area contributed by atoms with Gasteiger partial charge in [0.05, 0.1) is 17.9 Å². The monoisotopic (exact) mass is 401 g/mol. The van der Waals surface area contributed by atoms with Crippen molar-refractivity contribution in [2.24, 2.45) is 0 Å². The van der Waals surface area contributed by atoms with E-state index in [2.05, 4.69) is 31.2 Å². The van der Waals surface area contributed by atoms with Crippen molar-refractivity contribution in [3.63, 3.8) is 0 Å². The molecule has 1 amide bonds. The maximum atomic E-state index is 12.1. The third-order valence-electron chi connectivity index (χ3n) is 3.58. The Kier molecular flexibility index (Phi) is 5.72. The molecule has 1 aromatic carbocycles. The Bertz CT molecular complexity index is 803. The predicted molar refractivity (Wildman–Crippen MR) is 99.7 cm³/mol. The van der Waals surface area contributed by atoms with Crippen LogP contribution in [-0.2, 0) is 17.8 Å². The maximum absolute atomic E-state index is 12.1. The molecule has 1 N–H and O–H groups in total. The van der Waals surface area contributed by atoms with Crippen LogP contribution < -0.4 is 5.32 Å². The van der Waals surface area contributed by atoms with E-state index in [1.807, 2.05) is 41.1 Å². The summed E-state index contributed by atoms with van der Waals surface area (Å²) in [5.41, 5.74) is 3.79. The summed E-state index contributed by atoms with van der Waals surface area (Å²) < 4.78 is 1.04. The van der Waals surface area contributed by atoms with Crippen LogP contribution in [0.15, 0.2) is 58.0 Å². The molecular weight excluding hydrogens is 386 g/mol. The molecule has 0 bridgehead atoms. The van der Waals surface area contributed by atoms with E-state index in [4.69, 9.17) is 0 Å². The van der Waals surface area contributed by atoms with E-state index in [-0.39, 0.29) is 5.91 Å². The first-order chi connectivity index (χ1) is 11.7. The lowest BCUT2D eigenvalue weighted by molar-refractivity contribution is -0.121. The summed E-state index contributed by atoms with van der Waals surface area (Å²) in [5, 5.41) is 6.97. The van der Waals surface area contributed by atoms with E-state index in [1.165, 1.54) is 0 Å². The van der Waals surface area contributed by atoms with Gasteiger partial charge in [-0.2, -0.15) is 11.3 Å². The molecule has 0 aliphatic rings. The van der Waals surface area contributed by atoms with Crippen LogP contribution in [0.4, 0.5) is 0 Å². The topological polar surface area (TPSA) is 54.9 Å². The Labute approximate surface area is 153 Å². The zero-order valence-corrected chi connectivity index (χ0v) is 15.3. The molecule has 2 aromatic heterocycles. The van der Waals surface area contributed by atoms with E-state index in [0.29, 0.717) is 13.0 Å². The minimum Gasteiger partial charge on any atom is -0.350 e. The molecule has 0 unspecified atom stereocenters. The van der Waals surface area contributed by atoms with E-state index in [1.54, 1.807) is 23.7 Å². The number of nitrogens with zero attached hydrogens (tertiary/aromatic N) is 2. The fraction of sp³-hybridized carbons (Fsp3) is 0.167.